The van der Waals surface area contributed by atoms with Gasteiger partial charge in [-0.25, -0.2) is 4.79 Å². The van der Waals surface area contributed by atoms with Gasteiger partial charge in [-0.15, -0.1) is 0 Å². The van der Waals surface area contributed by atoms with Crippen molar-refractivity contribution in [1.29, 1.82) is 0 Å². The molecule has 0 radical (unpaired) electrons. The zero-order valence-electron chi connectivity index (χ0n) is 13.8. The highest BCUT2D eigenvalue weighted by Gasteiger charge is 2.18. The number of furan rings is 1. The second-order valence-electron chi connectivity index (χ2n) is 5.59. The number of urea groups is 1. The molecular weight excluding hydrogens is 312 g/mol. The number of nitro benzene ring substituents is 1. The lowest BCUT2D eigenvalue weighted by atomic mass is 10.2. The molecule has 0 aliphatic carbocycles. The van der Waals surface area contributed by atoms with Gasteiger partial charge < -0.3 is 15.1 Å². The Morgan fingerprint density at radius 2 is 2.12 bits per heavy atom. The summed E-state index contributed by atoms with van der Waals surface area (Å²) in [7, 11) is 3.79. The Balaban J connectivity index is 1.97. The number of carbonyl (C=O) groups is 1. The van der Waals surface area contributed by atoms with E-state index in [1.165, 1.54) is 18.2 Å². The van der Waals surface area contributed by atoms with E-state index in [9.17, 15) is 14.9 Å². The van der Waals surface area contributed by atoms with Crippen molar-refractivity contribution >= 4 is 17.4 Å². The molecule has 2 rings (SSSR count). The molecule has 2 amide bonds. The largest absolute Gasteiger partial charge is 0.468 e. The van der Waals surface area contributed by atoms with E-state index < -0.39 is 4.92 Å². The minimum absolute atomic E-state index is 0.0102. The van der Waals surface area contributed by atoms with E-state index in [4.69, 9.17) is 4.42 Å². The third-order valence-electron chi connectivity index (χ3n) is 3.62. The van der Waals surface area contributed by atoms with Crippen molar-refractivity contribution in [2.75, 3.05) is 26.0 Å². The smallest absolute Gasteiger partial charge is 0.319 e. The second kappa shape index (κ2) is 7.60. The predicted molar refractivity (Wildman–Crippen MR) is 90.0 cm³/mol. The van der Waals surface area contributed by atoms with Crippen LogP contribution in [0.15, 0.2) is 41.0 Å². The summed E-state index contributed by atoms with van der Waals surface area (Å²) < 4.78 is 5.39. The summed E-state index contributed by atoms with van der Waals surface area (Å²) >= 11 is 0. The minimum atomic E-state index is -0.470. The van der Waals surface area contributed by atoms with E-state index in [-0.39, 0.29) is 17.8 Å². The van der Waals surface area contributed by atoms with Crippen LogP contribution in [0, 0.1) is 17.0 Å². The van der Waals surface area contributed by atoms with E-state index in [0.717, 1.165) is 5.76 Å². The van der Waals surface area contributed by atoms with Gasteiger partial charge in [0.1, 0.15) is 5.76 Å². The van der Waals surface area contributed by atoms with Gasteiger partial charge in [0, 0.05) is 24.4 Å². The summed E-state index contributed by atoms with van der Waals surface area (Å²) in [5, 5.41) is 16.2. The molecule has 0 bridgehead atoms. The van der Waals surface area contributed by atoms with Crippen molar-refractivity contribution in [3.63, 3.8) is 0 Å². The van der Waals surface area contributed by atoms with Crippen LogP contribution in [0.2, 0.25) is 0 Å². The first kappa shape index (κ1) is 17.5. The van der Waals surface area contributed by atoms with Crippen LogP contribution in [0.1, 0.15) is 17.4 Å². The number of rotatable bonds is 6. The molecule has 2 aromatic rings. The standard InChI is InChI=1S/C16H20N4O4/c1-11-9-12(20(22)23)6-7-13(11)18-16(21)17-10-14(19(2)3)15-5-4-8-24-15/h4-9,14H,10H2,1-3H3,(H2,17,18,21). The molecule has 0 spiro atoms. The molecule has 24 heavy (non-hydrogen) atoms. The van der Waals surface area contributed by atoms with Gasteiger partial charge in [0.15, 0.2) is 0 Å². The van der Waals surface area contributed by atoms with E-state index in [1.807, 2.05) is 25.1 Å². The number of nitrogens with zero attached hydrogens (tertiary/aromatic N) is 2. The number of likely N-dealkylation sites (N-methyl/N-ethyl adjacent to an activating group) is 1. The number of amides is 2. The van der Waals surface area contributed by atoms with E-state index in [0.29, 0.717) is 17.8 Å². The summed E-state index contributed by atoms with van der Waals surface area (Å²) in [5.41, 5.74) is 1.14. The summed E-state index contributed by atoms with van der Waals surface area (Å²) in [6.07, 6.45) is 1.59. The van der Waals surface area contributed by atoms with Crippen molar-refractivity contribution in [2.24, 2.45) is 0 Å². The molecule has 128 valence electrons. The van der Waals surface area contributed by atoms with E-state index in [1.54, 1.807) is 19.3 Å². The first-order valence-electron chi connectivity index (χ1n) is 7.38. The summed E-state index contributed by atoms with van der Waals surface area (Å²) in [5.74, 6) is 0.756. The van der Waals surface area contributed by atoms with Crippen LogP contribution >= 0.6 is 0 Å². The Bertz CT molecular complexity index is 713. The van der Waals surface area contributed by atoms with Gasteiger partial charge in [-0.3, -0.25) is 15.0 Å². The molecule has 1 heterocycles. The fourth-order valence-electron chi connectivity index (χ4n) is 2.28. The Hall–Kier alpha value is -2.87. The molecule has 1 unspecified atom stereocenters. The van der Waals surface area contributed by atoms with Crippen LogP contribution in [0.4, 0.5) is 16.2 Å². The fraction of sp³-hybridized carbons (Fsp3) is 0.312. The van der Waals surface area contributed by atoms with Crippen molar-refractivity contribution in [3.05, 3.63) is 58.0 Å². The Kier molecular flexibility index (Phi) is 5.54. The normalized spacial score (nSPS) is 12.0. The maximum Gasteiger partial charge on any atom is 0.319 e. The Morgan fingerprint density at radius 3 is 2.67 bits per heavy atom. The molecular formula is C16H20N4O4. The van der Waals surface area contributed by atoms with Gasteiger partial charge in [-0.1, -0.05) is 0 Å². The van der Waals surface area contributed by atoms with Gasteiger partial charge >= 0.3 is 6.03 Å². The minimum Gasteiger partial charge on any atom is -0.468 e. The van der Waals surface area contributed by atoms with Crippen LogP contribution in [0.5, 0.6) is 0 Å². The number of hydrogen-bond acceptors (Lipinski definition) is 5. The lowest BCUT2D eigenvalue weighted by Crippen LogP contribution is -2.36. The van der Waals surface area contributed by atoms with E-state index in [2.05, 4.69) is 10.6 Å². The van der Waals surface area contributed by atoms with Crippen LogP contribution in [-0.4, -0.2) is 36.5 Å². The van der Waals surface area contributed by atoms with Gasteiger partial charge in [0.25, 0.3) is 5.69 Å². The molecule has 8 nitrogen and oxygen atoms in total. The molecule has 1 aromatic carbocycles. The number of non-ortho nitro benzene ring substituents is 1. The Morgan fingerprint density at radius 1 is 1.38 bits per heavy atom. The summed E-state index contributed by atoms with van der Waals surface area (Å²) in [6, 6.07) is 7.46. The summed E-state index contributed by atoms with van der Waals surface area (Å²) in [6.45, 7) is 2.06. The zero-order valence-corrected chi connectivity index (χ0v) is 13.8. The van der Waals surface area contributed by atoms with Crippen LogP contribution in [0.3, 0.4) is 0 Å². The van der Waals surface area contributed by atoms with Crippen molar-refractivity contribution in [3.8, 4) is 0 Å². The number of nitro groups is 1. The van der Waals surface area contributed by atoms with Crippen LogP contribution in [0.25, 0.3) is 0 Å². The molecule has 0 fully saturated rings. The monoisotopic (exact) mass is 332 g/mol. The fourth-order valence-corrected chi connectivity index (χ4v) is 2.28. The second-order valence-corrected chi connectivity index (χ2v) is 5.59. The number of carbonyl (C=O) groups excluding carboxylic acids is 1. The Labute approximate surface area is 139 Å². The molecule has 0 aliphatic rings. The molecule has 0 saturated heterocycles. The zero-order chi connectivity index (χ0) is 17.7. The SMILES string of the molecule is Cc1cc([N+](=O)[O-])ccc1NC(=O)NCC(c1ccco1)N(C)C. The lowest BCUT2D eigenvalue weighted by Gasteiger charge is -2.22. The average Bonchev–Trinajstić information content (AvgIpc) is 3.03. The quantitative estimate of drug-likeness (QED) is 0.626. The van der Waals surface area contributed by atoms with Crippen molar-refractivity contribution in [2.45, 2.75) is 13.0 Å². The maximum absolute atomic E-state index is 12.1. The van der Waals surface area contributed by atoms with Gasteiger partial charge in [-0.2, -0.15) is 0 Å². The van der Waals surface area contributed by atoms with Crippen molar-refractivity contribution < 1.29 is 14.1 Å². The van der Waals surface area contributed by atoms with Gasteiger partial charge in [0.05, 0.1) is 17.2 Å². The summed E-state index contributed by atoms with van der Waals surface area (Å²) in [4.78, 5) is 24.3. The molecule has 8 heteroatoms. The van der Waals surface area contributed by atoms with Gasteiger partial charge in [0.2, 0.25) is 0 Å². The first-order chi connectivity index (χ1) is 11.4. The predicted octanol–water partition coefficient (Wildman–Crippen LogP) is 2.92. The highest BCUT2D eigenvalue weighted by Crippen LogP contribution is 2.21. The maximum atomic E-state index is 12.1. The molecule has 0 saturated carbocycles. The van der Waals surface area contributed by atoms with Crippen LogP contribution in [-0.2, 0) is 0 Å². The molecule has 1 atom stereocenters. The highest BCUT2D eigenvalue weighted by molar-refractivity contribution is 5.90. The van der Waals surface area contributed by atoms with Gasteiger partial charge in [-0.05, 0) is 44.8 Å². The number of nitrogens with one attached hydrogen (secondary N) is 2. The molecule has 1 aromatic heterocycles. The third-order valence-corrected chi connectivity index (χ3v) is 3.62. The number of benzene rings is 1. The van der Waals surface area contributed by atoms with E-state index >= 15 is 0 Å². The van der Waals surface area contributed by atoms with Crippen LogP contribution < -0.4 is 10.6 Å². The number of anilines is 1. The third kappa shape index (κ3) is 4.32. The number of aryl methyl sites for hydroxylation is 1. The molecule has 2 N–H and O–H groups in total. The molecule has 0 aliphatic heterocycles. The number of hydrogen-bond donors (Lipinski definition) is 2. The first-order valence-corrected chi connectivity index (χ1v) is 7.38. The van der Waals surface area contributed by atoms with Crippen molar-refractivity contribution in [1.82, 2.24) is 10.2 Å². The average molecular weight is 332 g/mol. The topological polar surface area (TPSA) is 101 Å². The lowest BCUT2D eigenvalue weighted by molar-refractivity contribution is -0.384. The highest BCUT2D eigenvalue weighted by atomic mass is 16.6.